The molecule has 0 radical (unpaired) electrons. The normalized spacial score (nSPS) is 14.4. The zero-order chi connectivity index (χ0) is 18.7. The molecule has 1 saturated carbocycles. The molecule has 1 fully saturated rings. The number of ether oxygens (including phenoxy) is 1. The maximum Gasteiger partial charge on any atom is 0.407 e. The van der Waals surface area contributed by atoms with Crippen LogP contribution in [0.3, 0.4) is 0 Å². The Kier molecular flexibility index (Phi) is 4.79. The lowest BCUT2D eigenvalue weighted by atomic mass is 10.1. The van der Waals surface area contributed by atoms with Crippen LogP contribution in [0.2, 0.25) is 0 Å². The van der Waals surface area contributed by atoms with Crippen LogP contribution in [0.15, 0.2) is 42.7 Å². The summed E-state index contributed by atoms with van der Waals surface area (Å²) in [5.74, 6) is 0.451. The van der Waals surface area contributed by atoms with E-state index in [9.17, 15) is 9.59 Å². The molecule has 26 heavy (non-hydrogen) atoms. The molecular formula is C19H21N3O4. The second-order valence-corrected chi connectivity index (χ2v) is 6.53. The maximum atomic E-state index is 11.2. The standard InChI is InChI=1S/C19H21N3O4/c1-13(23)21-16-5-3-4-14(8-16)15-9-17(11-20-10-15)26-12-19(6-7-19)22(2)18(24)25/h3-5,8-11H,6-7,12H2,1-2H3,(H,21,23)(H,24,25). The molecule has 2 aromatic rings. The molecule has 3 rings (SSSR count). The van der Waals surface area contributed by atoms with Crippen molar-refractivity contribution in [3.63, 3.8) is 0 Å². The lowest BCUT2D eigenvalue weighted by Crippen LogP contribution is -2.42. The van der Waals surface area contributed by atoms with E-state index in [1.54, 1.807) is 19.4 Å². The third-order valence-electron chi connectivity index (χ3n) is 4.56. The summed E-state index contributed by atoms with van der Waals surface area (Å²) >= 11 is 0. The zero-order valence-corrected chi connectivity index (χ0v) is 14.7. The Labute approximate surface area is 151 Å². The number of carbonyl (C=O) groups excluding carboxylic acids is 1. The Bertz CT molecular complexity index is 833. The summed E-state index contributed by atoms with van der Waals surface area (Å²) in [5, 5.41) is 11.9. The summed E-state index contributed by atoms with van der Waals surface area (Å²) in [7, 11) is 1.57. The minimum absolute atomic E-state index is 0.130. The second kappa shape index (κ2) is 7.03. The summed E-state index contributed by atoms with van der Waals surface area (Å²) in [6.07, 6.45) is 3.96. The molecule has 1 aromatic carbocycles. The van der Waals surface area contributed by atoms with E-state index in [2.05, 4.69) is 10.3 Å². The smallest absolute Gasteiger partial charge is 0.407 e. The van der Waals surface area contributed by atoms with Gasteiger partial charge in [0.25, 0.3) is 0 Å². The van der Waals surface area contributed by atoms with E-state index < -0.39 is 11.6 Å². The van der Waals surface area contributed by atoms with Crippen LogP contribution in [-0.4, -0.2) is 46.2 Å². The zero-order valence-electron chi connectivity index (χ0n) is 14.7. The minimum atomic E-state index is -0.951. The Morgan fingerprint density at radius 1 is 1.27 bits per heavy atom. The first kappa shape index (κ1) is 17.7. The van der Waals surface area contributed by atoms with Crippen LogP contribution < -0.4 is 10.1 Å². The van der Waals surface area contributed by atoms with Crippen molar-refractivity contribution in [2.24, 2.45) is 0 Å². The van der Waals surface area contributed by atoms with E-state index in [1.807, 2.05) is 30.3 Å². The molecular weight excluding hydrogens is 334 g/mol. The van der Waals surface area contributed by atoms with Crippen LogP contribution in [0.25, 0.3) is 11.1 Å². The molecule has 1 aliphatic rings. The SMILES string of the molecule is CC(=O)Nc1cccc(-c2cncc(OCC3(N(C)C(=O)O)CC3)c2)c1. The molecule has 2 N–H and O–H groups in total. The van der Waals surface area contributed by atoms with Crippen molar-refractivity contribution in [3.8, 4) is 16.9 Å². The summed E-state index contributed by atoms with van der Waals surface area (Å²) in [5.41, 5.74) is 2.03. The van der Waals surface area contributed by atoms with Crippen molar-refractivity contribution in [1.82, 2.24) is 9.88 Å². The van der Waals surface area contributed by atoms with Gasteiger partial charge in [0.1, 0.15) is 12.4 Å². The van der Waals surface area contributed by atoms with Gasteiger partial charge < -0.3 is 20.1 Å². The number of amides is 2. The van der Waals surface area contributed by atoms with Crippen molar-refractivity contribution in [2.45, 2.75) is 25.3 Å². The van der Waals surface area contributed by atoms with Crippen molar-refractivity contribution in [3.05, 3.63) is 42.7 Å². The fraction of sp³-hybridized carbons (Fsp3) is 0.316. The van der Waals surface area contributed by atoms with Crippen LogP contribution in [-0.2, 0) is 4.79 Å². The van der Waals surface area contributed by atoms with Gasteiger partial charge in [-0.15, -0.1) is 0 Å². The van der Waals surface area contributed by atoms with E-state index in [1.165, 1.54) is 11.8 Å². The number of benzene rings is 1. The molecule has 0 bridgehead atoms. The number of rotatable bonds is 6. The van der Waals surface area contributed by atoms with E-state index in [0.717, 1.165) is 24.0 Å². The monoisotopic (exact) mass is 355 g/mol. The Hall–Kier alpha value is -3.09. The van der Waals surface area contributed by atoms with Crippen LogP contribution in [0.4, 0.5) is 10.5 Å². The van der Waals surface area contributed by atoms with E-state index in [-0.39, 0.29) is 5.91 Å². The number of hydrogen-bond donors (Lipinski definition) is 2. The van der Waals surface area contributed by atoms with Crippen molar-refractivity contribution in [1.29, 1.82) is 0 Å². The van der Waals surface area contributed by atoms with Gasteiger partial charge in [-0.1, -0.05) is 12.1 Å². The molecule has 0 spiro atoms. The quantitative estimate of drug-likeness (QED) is 0.830. The molecule has 0 saturated heterocycles. The van der Waals surface area contributed by atoms with Gasteiger partial charge in [0.2, 0.25) is 5.91 Å². The van der Waals surface area contributed by atoms with Crippen molar-refractivity contribution < 1.29 is 19.4 Å². The van der Waals surface area contributed by atoms with Gasteiger partial charge in [-0.2, -0.15) is 0 Å². The molecule has 1 heterocycles. The highest BCUT2D eigenvalue weighted by atomic mass is 16.5. The number of hydrogen-bond acceptors (Lipinski definition) is 4. The number of carboxylic acid groups (broad SMARTS) is 1. The first-order valence-corrected chi connectivity index (χ1v) is 8.32. The molecule has 1 aliphatic carbocycles. The molecule has 7 nitrogen and oxygen atoms in total. The molecule has 136 valence electrons. The topological polar surface area (TPSA) is 91.8 Å². The average molecular weight is 355 g/mol. The fourth-order valence-corrected chi connectivity index (χ4v) is 2.78. The van der Waals surface area contributed by atoms with Gasteiger partial charge in [-0.25, -0.2) is 4.79 Å². The number of likely N-dealkylation sites (N-methyl/N-ethyl adjacent to an activating group) is 1. The number of carbonyl (C=O) groups is 2. The summed E-state index contributed by atoms with van der Waals surface area (Å²) in [4.78, 5) is 27.9. The number of nitrogens with zero attached hydrogens (tertiary/aromatic N) is 2. The molecule has 0 unspecified atom stereocenters. The molecule has 0 atom stereocenters. The second-order valence-electron chi connectivity index (χ2n) is 6.53. The maximum absolute atomic E-state index is 11.2. The van der Waals surface area contributed by atoms with Crippen LogP contribution in [0, 0.1) is 0 Å². The third kappa shape index (κ3) is 3.93. The number of aromatic nitrogens is 1. The van der Waals surface area contributed by atoms with Gasteiger partial charge in [0.05, 0.1) is 11.7 Å². The highest BCUT2D eigenvalue weighted by Crippen LogP contribution is 2.41. The number of pyridine rings is 1. The fourth-order valence-electron chi connectivity index (χ4n) is 2.78. The van der Waals surface area contributed by atoms with Gasteiger partial charge in [0, 0.05) is 31.4 Å². The van der Waals surface area contributed by atoms with Gasteiger partial charge in [0.15, 0.2) is 0 Å². The van der Waals surface area contributed by atoms with Crippen molar-refractivity contribution >= 4 is 17.7 Å². The molecule has 1 aromatic heterocycles. The van der Waals surface area contributed by atoms with E-state index in [0.29, 0.717) is 18.0 Å². The van der Waals surface area contributed by atoms with Crippen LogP contribution in [0.5, 0.6) is 5.75 Å². The Morgan fingerprint density at radius 2 is 2.04 bits per heavy atom. The predicted octanol–water partition coefficient (Wildman–Crippen LogP) is 3.23. The molecule has 0 aliphatic heterocycles. The van der Waals surface area contributed by atoms with E-state index >= 15 is 0 Å². The molecule has 2 amide bonds. The lowest BCUT2D eigenvalue weighted by molar-refractivity contribution is -0.114. The Morgan fingerprint density at radius 3 is 2.69 bits per heavy atom. The highest BCUT2D eigenvalue weighted by Gasteiger charge is 2.49. The van der Waals surface area contributed by atoms with Crippen molar-refractivity contribution in [2.75, 3.05) is 19.0 Å². The molecule has 7 heteroatoms. The lowest BCUT2D eigenvalue weighted by Gasteiger charge is -2.25. The predicted molar refractivity (Wildman–Crippen MR) is 97.2 cm³/mol. The summed E-state index contributed by atoms with van der Waals surface area (Å²) < 4.78 is 5.82. The third-order valence-corrected chi connectivity index (χ3v) is 4.56. The first-order valence-electron chi connectivity index (χ1n) is 8.32. The minimum Gasteiger partial charge on any atom is -0.490 e. The number of anilines is 1. The van der Waals surface area contributed by atoms with Gasteiger partial charge >= 0.3 is 6.09 Å². The largest absolute Gasteiger partial charge is 0.490 e. The van der Waals surface area contributed by atoms with Crippen LogP contribution >= 0.6 is 0 Å². The highest BCUT2D eigenvalue weighted by molar-refractivity contribution is 5.89. The van der Waals surface area contributed by atoms with E-state index in [4.69, 9.17) is 9.84 Å². The first-order chi connectivity index (χ1) is 12.4. The Balaban J connectivity index is 1.73. The van der Waals surface area contributed by atoms with Gasteiger partial charge in [-0.05, 0) is 36.6 Å². The number of nitrogens with one attached hydrogen (secondary N) is 1. The summed E-state index contributed by atoms with van der Waals surface area (Å²) in [6, 6.07) is 9.32. The van der Waals surface area contributed by atoms with Crippen LogP contribution in [0.1, 0.15) is 19.8 Å². The average Bonchev–Trinajstić information content (AvgIpc) is 3.40. The summed E-state index contributed by atoms with van der Waals surface area (Å²) in [6.45, 7) is 1.76. The van der Waals surface area contributed by atoms with Gasteiger partial charge in [-0.3, -0.25) is 9.78 Å².